The molecule has 7 nitrogen and oxygen atoms in total. The Labute approximate surface area is 192 Å². The highest BCUT2D eigenvalue weighted by atomic mass is 127. The lowest BCUT2D eigenvalue weighted by Crippen LogP contribution is -2.44. The molecule has 164 valence electrons. The van der Waals surface area contributed by atoms with E-state index in [1.54, 1.807) is 0 Å². The molecule has 0 radical (unpaired) electrons. The molecule has 0 aromatic heterocycles. The van der Waals surface area contributed by atoms with E-state index in [9.17, 15) is 4.79 Å². The van der Waals surface area contributed by atoms with E-state index in [2.05, 4.69) is 32.8 Å². The van der Waals surface area contributed by atoms with Crippen molar-refractivity contribution in [2.45, 2.75) is 33.7 Å². The van der Waals surface area contributed by atoms with Crippen LogP contribution in [0.2, 0.25) is 0 Å². The Kier molecular flexibility index (Phi) is 12.9. The quantitative estimate of drug-likeness (QED) is 0.267. The molecule has 1 aliphatic heterocycles. The number of ether oxygens (including phenoxy) is 1. The molecule has 1 unspecified atom stereocenters. The minimum Gasteiger partial charge on any atom is -0.379 e. The van der Waals surface area contributed by atoms with Crippen molar-refractivity contribution in [3.05, 3.63) is 29.8 Å². The average molecular weight is 517 g/mol. The van der Waals surface area contributed by atoms with Gasteiger partial charge in [-0.2, -0.15) is 0 Å². The molecule has 1 aromatic rings. The SMILES string of the molecule is CCNC(=NCc1cccc(NC(=O)C(C)CC)c1)NCCN1CCOCC1.I. The van der Waals surface area contributed by atoms with Gasteiger partial charge in [-0.05, 0) is 31.0 Å². The van der Waals surface area contributed by atoms with Crippen LogP contribution in [0.3, 0.4) is 0 Å². The molecule has 1 amide bonds. The summed E-state index contributed by atoms with van der Waals surface area (Å²) in [6, 6.07) is 7.88. The molecule has 1 heterocycles. The molecule has 1 fully saturated rings. The molecule has 3 N–H and O–H groups in total. The van der Waals surface area contributed by atoms with Crippen LogP contribution in [-0.4, -0.2) is 62.7 Å². The number of anilines is 1. The highest BCUT2D eigenvalue weighted by molar-refractivity contribution is 14.0. The van der Waals surface area contributed by atoms with Crippen LogP contribution in [0.15, 0.2) is 29.3 Å². The highest BCUT2D eigenvalue weighted by Gasteiger charge is 2.11. The van der Waals surface area contributed by atoms with Gasteiger partial charge in [0.05, 0.1) is 19.8 Å². The van der Waals surface area contributed by atoms with Crippen LogP contribution in [0.25, 0.3) is 0 Å². The Morgan fingerprint density at radius 3 is 2.69 bits per heavy atom. The van der Waals surface area contributed by atoms with Gasteiger partial charge in [-0.3, -0.25) is 9.69 Å². The Bertz CT molecular complexity index is 635. The van der Waals surface area contributed by atoms with Crippen LogP contribution in [0.4, 0.5) is 5.69 Å². The standard InChI is InChI=1S/C21H35N5O2.HI/c1-4-17(3)20(27)25-19-8-6-7-18(15-19)16-24-21(22-5-2)23-9-10-26-11-13-28-14-12-26;/h6-8,15,17H,4-5,9-14,16H2,1-3H3,(H,25,27)(H2,22,23,24);1H. The normalized spacial score (nSPS) is 15.9. The fraction of sp³-hybridized carbons (Fsp3) is 0.619. The average Bonchev–Trinajstić information content (AvgIpc) is 2.72. The molecular weight excluding hydrogens is 481 g/mol. The zero-order chi connectivity index (χ0) is 20.2. The largest absolute Gasteiger partial charge is 0.379 e. The number of amides is 1. The lowest BCUT2D eigenvalue weighted by Gasteiger charge is -2.26. The third-order valence-corrected chi connectivity index (χ3v) is 4.84. The van der Waals surface area contributed by atoms with Gasteiger partial charge in [-0.15, -0.1) is 24.0 Å². The maximum atomic E-state index is 12.1. The second kappa shape index (κ2) is 14.6. The molecule has 2 rings (SSSR count). The predicted molar refractivity (Wildman–Crippen MR) is 130 cm³/mol. The summed E-state index contributed by atoms with van der Waals surface area (Å²) in [6.45, 7) is 12.8. The summed E-state index contributed by atoms with van der Waals surface area (Å²) in [6.07, 6.45) is 0.831. The van der Waals surface area contributed by atoms with Gasteiger partial charge in [0.1, 0.15) is 0 Å². The fourth-order valence-electron chi connectivity index (χ4n) is 2.87. The summed E-state index contributed by atoms with van der Waals surface area (Å²) in [5.41, 5.74) is 1.88. The Balaban J connectivity index is 0.00000420. The molecule has 1 aromatic carbocycles. The van der Waals surface area contributed by atoms with Gasteiger partial charge in [0.25, 0.3) is 0 Å². The number of hydrogen-bond acceptors (Lipinski definition) is 4. The maximum absolute atomic E-state index is 12.1. The van der Waals surface area contributed by atoms with E-state index >= 15 is 0 Å². The maximum Gasteiger partial charge on any atom is 0.227 e. The first-order valence-electron chi connectivity index (χ1n) is 10.3. The summed E-state index contributed by atoms with van der Waals surface area (Å²) in [4.78, 5) is 19.2. The van der Waals surface area contributed by atoms with Crippen LogP contribution in [0.5, 0.6) is 0 Å². The summed E-state index contributed by atoms with van der Waals surface area (Å²) in [5.74, 6) is 0.878. The molecule has 0 bridgehead atoms. The molecule has 1 aliphatic rings. The number of benzene rings is 1. The summed E-state index contributed by atoms with van der Waals surface area (Å²) in [5, 5.41) is 9.66. The smallest absolute Gasteiger partial charge is 0.227 e. The van der Waals surface area contributed by atoms with E-state index < -0.39 is 0 Å². The molecule has 8 heteroatoms. The highest BCUT2D eigenvalue weighted by Crippen LogP contribution is 2.13. The van der Waals surface area contributed by atoms with Crippen LogP contribution in [-0.2, 0) is 16.1 Å². The second-order valence-electron chi connectivity index (χ2n) is 7.07. The zero-order valence-corrected chi connectivity index (χ0v) is 20.2. The number of carbonyl (C=O) groups excluding carboxylic acids is 1. The van der Waals surface area contributed by atoms with E-state index in [-0.39, 0.29) is 35.8 Å². The summed E-state index contributed by atoms with van der Waals surface area (Å²) in [7, 11) is 0. The minimum absolute atomic E-state index is 0. The van der Waals surface area contributed by atoms with Crippen LogP contribution in [0.1, 0.15) is 32.8 Å². The number of carbonyl (C=O) groups is 1. The van der Waals surface area contributed by atoms with Crippen molar-refractivity contribution in [2.24, 2.45) is 10.9 Å². The van der Waals surface area contributed by atoms with E-state index in [4.69, 9.17) is 4.74 Å². The van der Waals surface area contributed by atoms with Gasteiger partial charge < -0.3 is 20.7 Å². The monoisotopic (exact) mass is 517 g/mol. The number of hydrogen-bond donors (Lipinski definition) is 3. The summed E-state index contributed by atoms with van der Waals surface area (Å²) < 4.78 is 5.38. The second-order valence-corrected chi connectivity index (χ2v) is 7.07. The zero-order valence-electron chi connectivity index (χ0n) is 17.9. The van der Waals surface area contributed by atoms with E-state index in [1.165, 1.54) is 0 Å². The lowest BCUT2D eigenvalue weighted by molar-refractivity contribution is -0.119. The molecule has 0 saturated carbocycles. The molecule has 0 aliphatic carbocycles. The Morgan fingerprint density at radius 2 is 2.00 bits per heavy atom. The Morgan fingerprint density at radius 1 is 1.24 bits per heavy atom. The van der Waals surface area contributed by atoms with E-state index in [1.807, 2.05) is 38.1 Å². The molecule has 1 saturated heterocycles. The number of nitrogens with one attached hydrogen (secondary N) is 3. The fourth-order valence-corrected chi connectivity index (χ4v) is 2.87. The molecule has 29 heavy (non-hydrogen) atoms. The number of morpholine rings is 1. The summed E-state index contributed by atoms with van der Waals surface area (Å²) >= 11 is 0. The third kappa shape index (κ3) is 9.77. The Hall–Kier alpha value is -1.39. The van der Waals surface area contributed by atoms with Gasteiger partial charge in [-0.25, -0.2) is 4.99 Å². The molecule has 1 atom stereocenters. The topological polar surface area (TPSA) is 78.0 Å². The predicted octanol–water partition coefficient (Wildman–Crippen LogP) is 2.68. The number of rotatable bonds is 9. The van der Waals surface area contributed by atoms with Crippen molar-refractivity contribution in [3.63, 3.8) is 0 Å². The van der Waals surface area contributed by atoms with E-state index in [0.29, 0.717) is 6.54 Å². The first-order valence-corrected chi connectivity index (χ1v) is 10.3. The first kappa shape index (κ1) is 25.6. The van der Waals surface area contributed by atoms with Crippen molar-refractivity contribution in [3.8, 4) is 0 Å². The van der Waals surface area contributed by atoms with E-state index in [0.717, 1.165) is 69.6 Å². The van der Waals surface area contributed by atoms with Crippen molar-refractivity contribution >= 4 is 41.5 Å². The van der Waals surface area contributed by atoms with Gasteiger partial charge >= 0.3 is 0 Å². The van der Waals surface area contributed by atoms with Crippen LogP contribution >= 0.6 is 24.0 Å². The van der Waals surface area contributed by atoms with Crippen LogP contribution in [0, 0.1) is 5.92 Å². The van der Waals surface area contributed by atoms with Gasteiger partial charge in [0, 0.05) is 44.3 Å². The lowest BCUT2D eigenvalue weighted by atomic mass is 10.1. The molecular formula is C21H36IN5O2. The van der Waals surface area contributed by atoms with Crippen molar-refractivity contribution in [1.82, 2.24) is 15.5 Å². The van der Waals surface area contributed by atoms with Crippen molar-refractivity contribution < 1.29 is 9.53 Å². The van der Waals surface area contributed by atoms with Gasteiger partial charge in [0.15, 0.2) is 5.96 Å². The van der Waals surface area contributed by atoms with Gasteiger partial charge in [-0.1, -0.05) is 26.0 Å². The number of aliphatic imine (C=N–C) groups is 1. The third-order valence-electron chi connectivity index (χ3n) is 4.84. The number of nitrogens with zero attached hydrogens (tertiary/aromatic N) is 2. The minimum atomic E-state index is 0. The molecule has 0 spiro atoms. The number of guanidine groups is 1. The van der Waals surface area contributed by atoms with Crippen molar-refractivity contribution in [1.29, 1.82) is 0 Å². The van der Waals surface area contributed by atoms with Crippen molar-refractivity contribution in [2.75, 3.05) is 51.3 Å². The number of halogens is 1. The van der Waals surface area contributed by atoms with Crippen LogP contribution < -0.4 is 16.0 Å². The first-order chi connectivity index (χ1) is 13.6. The van der Waals surface area contributed by atoms with Gasteiger partial charge in [0.2, 0.25) is 5.91 Å².